The summed E-state index contributed by atoms with van der Waals surface area (Å²) < 4.78 is 29.0. The third kappa shape index (κ3) is 16.5. The number of quaternary nitrogens is 1. The average molecular weight is 673 g/mol. The van der Waals surface area contributed by atoms with Crippen LogP contribution in [0.25, 0.3) is 0 Å². The summed E-state index contributed by atoms with van der Waals surface area (Å²) in [6.07, 6.45) is 9.19. The summed E-state index contributed by atoms with van der Waals surface area (Å²) in [6.45, 7) is 10.4. The molecule has 0 heterocycles. The van der Waals surface area contributed by atoms with E-state index in [-0.39, 0.29) is 22.9 Å². The van der Waals surface area contributed by atoms with Crippen LogP contribution in [0.3, 0.4) is 0 Å². The second-order valence-electron chi connectivity index (χ2n) is 13.0. The molecule has 3 N–H and O–H groups in total. The van der Waals surface area contributed by atoms with Gasteiger partial charge in [0.05, 0.1) is 5.75 Å². The molecule has 0 bridgehead atoms. The maximum atomic E-state index is 10.8. The number of para-hydroxylation sites is 2. The van der Waals surface area contributed by atoms with Crippen molar-refractivity contribution < 1.29 is 23.1 Å². The van der Waals surface area contributed by atoms with Gasteiger partial charge in [0.25, 0.3) is 10.1 Å². The van der Waals surface area contributed by atoms with Crippen LogP contribution >= 0.6 is 0 Å². The van der Waals surface area contributed by atoms with E-state index in [1.54, 1.807) is 0 Å². The highest BCUT2D eigenvalue weighted by atomic mass is 32.2. The van der Waals surface area contributed by atoms with Gasteiger partial charge in [-0.15, -0.1) is 0 Å². The number of rotatable bonds is 16. The Morgan fingerprint density at radius 3 is 1.77 bits per heavy atom. The van der Waals surface area contributed by atoms with Crippen LogP contribution in [0.4, 0.5) is 11.4 Å². The lowest BCUT2D eigenvalue weighted by atomic mass is 9.75. The maximum Gasteiger partial charge on any atom is 0.264 e. The van der Waals surface area contributed by atoms with Gasteiger partial charge in [-0.3, -0.25) is 14.7 Å². The van der Waals surface area contributed by atoms with Crippen molar-refractivity contribution in [3.63, 3.8) is 0 Å². The van der Waals surface area contributed by atoms with E-state index < -0.39 is 10.1 Å². The first-order chi connectivity index (χ1) is 23.0. The van der Waals surface area contributed by atoms with Crippen molar-refractivity contribution in [2.45, 2.75) is 97.8 Å². The van der Waals surface area contributed by atoms with Gasteiger partial charge in [-0.25, -0.2) is 0 Å². The van der Waals surface area contributed by atoms with E-state index in [2.05, 4.69) is 141 Å². The summed E-state index contributed by atoms with van der Waals surface area (Å²) in [5.41, 5.74) is 7.16. The standard InChI is InChI=1S/C21H29N.C13H12.C8H16O4S/c1-4-6-12-17-21(3,5-2)19-15-10-11-16-20(19)22-18-13-8-7-9-14-18;1-3-7-12(8-4-1)11-13-9-5-2-6-10-13;1-7(8(2)9)5-3-4-6-13(10,11)12/h7-11,13-16,22H,4-6,12,17H2,1-3H3;1-10H,11H2;7H,3-6H2,1-2H3,(H,10,11,12)/p+1. The topological polar surface area (TPSA) is 88.0 Å². The van der Waals surface area contributed by atoms with Crippen molar-refractivity contribution in [3.05, 3.63) is 132 Å². The number of unbranched alkanes of at least 4 members (excludes halogenated alkanes) is 3. The molecule has 4 aromatic rings. The minimum Gasteiger partial charge on any atom is -0.300 e. The Kier molecular flexibility index (Phi) is 18.7. The molecule has 0 radical (unpaired) electrons. The normalized spacial score (nSPS) is 12.8. The predicted molar refractivity (Wildman–Crippen MR) is 202 cm³/mol. The van der Waals surface area contributed by atoms with Gasteiger partial charge in [-0.1, -0.05) is 150 Å². The number of carbonyl (C=O) groups excluding carboxylic acids is 1. The molecule has 0 fully saturated rings. The quantitative estimate of drug-likeness (QED) is 0.0705. The first-order valence-corrected chi connectivity index (χ1v) is 19.1. The highest BCUT2D eigenvalue weighted by Gasteiger charge is 2.28. The summed E-state index contributed by atoms with van der Waals surface area (Å²) in [5, 5.41) is 2.32. The summed E-state index contributed by atoms with van der Waals surface area (Å²) in [6, 6.07) is 40.6. The van der Waals surface area contributed by atoms with E-state index in [0.29, 0.717) is 19.3 Å². The fraction of sp³-hybridized carbons (Fsp3) is 0.405. The Bertz CT molecular complexity index is 1510. The number of carbonyl (C=O) groups is 1. The number of nitrogens with two attached hydrogens (primary N) is 1. The van der Waals surface area contributed by atoms with Gasteiger partial charge in [-0.2, -0.15) is 8.42 Å². The SMILES string of the molecule is CC(=O)C(C)CCCCS(=O)(=O)O.CCCCCC(C)(CC)c1ccccc1[NH2+]c1ccccc1.c1ccc(Cc2ccccc2)cc1. The summed E-state index contributed by atoms with van der Waals surface area (Å²) in [7, 11) is -3.83. The summed E-state index contributed by atoms with van der Waals surface area (Å²) in [5.74, 6) is -0.106. The third-order valence-electron chi connectivity index (χ3n) is 8.92. The van der Waals surface area contributed by atoms with E-state index in [1.807, 2.05) is 6.92 Å². The van der Waals surface area contributed by atoms with E-state index in [4.69, 9.17) is 4.55 Å². The molecule has 0 aliphatic rings. The molecule has 0 amide bonds. The van der Waals surface area contributed by atoms with Gasteiger partial charge < -0.3 is 0 Å². The van der Waals surface area contributed by atoms with Crippen LogP contribution in [-0.4, -0.2) is 24.5 Å². The molecule has 0 spiro atoms. The van der Waals surface area contributed by atoms with Crippen molar-refractivity contribution in [2.75, 3.05) is 5.75 Å². The Morgan fingerprint density at radius 1 is 0.750 bits per heavy atom. The largest absolute Gasteiger partial charge is 0.300 e. The number of hydrogen-bond donors (Lipinski definition) is 2. The first kappa shape index (κ1) is 40.6. The Morgan fingerprint density at radius 2 is 1.27 bits per heavy atom. The molecule has 0 saturated carbocycles. The van der Waals surface area contributed by atoms with Crippen molar-refractivity contribution in [3.8, 4) is 0 Å². The second-order valence-corrected chi connectivity index (χ2v) is 14.5. The van der Waals surface area contributed by atoms with Crippen molar-refractivity contribution in [1.82, 2.24) is 0 Å². The Balaban J connectivity index is 0.000000266. The van der Waals surface area contributed by atoms with Crippen LogP contribution in [0.5, 0.6) is 0 Å². The molecule has 260 valence electrons. The van der Waals surface area contributed by atoms with Crippen LogP contribution in [0.15, 0.2) is 115 Å². The molecule has 0 aromatic heterocycles. The van der Waals surface area contributed by atoms with Crippen LogP contribution in [0.1, 0.15) is 103 Å². The zero-order valence-corrected chi connectivity index (χ0v) is 30.6. The smallest absolute Gasteiger partial charge is 0.264 e. The number of hydrogen-bond acceptors (Lipinski definition) is 3. The van der Waals surface area contributed by atoms with Crippen LogP contribution in [0, 0.1) is 5.92 Å². The van der Waals surface area contributed by atoms with Gasteiger partial charge in [0, 0.05) is 11.5 Å². The predicted octanol–water partition coefficient (Wildman–Crippen LogP) is 10.0. The van der Waals surface area contributed by atoms with E-state index in [9.17, 15) is 13.2 Å². The number of ketones is 1. The minimum absolute atomic E-state index is 0.0126. The molecule has 2 atom stereocenters. The Labute approximate surface area is 291 Å². The molecular weight excluding hydrogens is 615 g/mol. The molecule has 0 saturated heterocycles. The van der Waals surface area contributed by atoms with Gasteiger partial charge in [0.2, 0.25) is 0 Å². The van der Waals surface area contributed by atoms with Gasteiger partial charge in [-0.05, 0) is 73.8 Å². The number of Topliss-reactive ketones (excluding diaryl/α,β-unsaturated/α-hetero) is 1. The average Bonchev–Trinajstić information content (AvgIpc) is 3.08. The molecule has 0 aliphatic heterocycles. The highest BCUT2D eigenvalue weighted by molar-refractivity contribution is 7.85. The monoisotopic (exact) mass is 672 g/mol. The van der Waals surface area contributed by atoms with Gasteiger partial charge in [0.1, 0.15) is 17.2 Å². The fourth-order valence-electron chi connectivity index (χ4n) is 5.53. The summed E-state index contributed by atoms with van der Waals surface area (Å²) in [4.78, 5) is 10.8. The second kappa shape index (κ2) is 22.1. The van der Waals surface area contributed by atoms with Crippen molar-refractivity contribution >= 4 is 27.3 Å². The van der Waals surface area contributed by atoms with Crippen molar-refractivity contribution in [1.29, 1.82) is 0 Å². The molecule has 4 rings (SSSR count). The number of benzene rings is 4. The fourth-order valence-corrected chi connectivity index (χ4v) is 6.10. The lowest BCUT2D eigenvalue weighted by molar-refractivity contribution is -0.479. The molecule has 2 unspecified atom stereocenters. The molecule has 48 heavy (non-hydrogen) atoms. The highest BCUT2D eigenvalue weighted by Crippen LogP contribution is 2.36. The van der Waals surface area contributed by atoms with Gasteiger partial charge >= 0.3 is 0 Å². The van der Waals surface area contributed by atoms with Crippen LogP contribution < -0.4 is 5.32 Å². The van der Waals surface area contributed by atoms with Crippen molar-refractivity contribution in [2.24, 2.45) is 5.92 Å². The van der Waals surface area contributed by atoms with E-state index in [1.165, 1.54) is 67.1 Å². The minimum atomic E-state index is -3.83. The van der Waals surface area contributed by atoms with Crippen LogP contribution in [-0.2, 0) is 26.7 Å². The zero-order valence-electron chi connectivity index (χ0n) is 29.8. The Hall–Kier alpha value is -3.58. The lowest BCUT2D eigenvalue weighted by Crippen LogP contribution is -2.71. The summed E-state index contributed by atoms with van der Waals surface area (Å²) >= 11 is 0. The van der Waals surface area contributed by atoms with Crippen LogP contribution in [0.2, 0.25) is 0 Å². The maximum absolute atomic E-state index is 10.8. The van der Waals surface area contributed by atoms with Gasteiger partial charge in [0.15, 0.2) is 0 Å². The molecule has 5 nitrogen and oxygen atoms in total. The third-order valence-corrected chi connectivity index (χ3v) is 9.73. The zero-order chi connectivity index (χ0) is 35.3. The first-order valence-electron chi connectivity index (χ1n) is 17.5. The molecular formula is C42H58NO4S+. The molecule has 0 aliphatic carbocycles. The van der Waals surface area contributed by atoms with E-state index >= 15 is 0 Å². The lowest BCUT2D eigenvalue weighted by Gasteiger charge is -2.29. The molecule has 6 heteroatoms. The molecule has 4 aromatic carbocycles. The van der Waals surface area contributed by atoms with E-state index in [0.717, 1.165) is 6.42 Å².